The third kappa shape index (κ3) is 3.16. The van der Waals surface area contributed by atoms with Crippen LogP contribution in [0.15, 0.2) is 41.4 Å². The van der Waals surface area contributed by atoms with E-state index in [2.05, 4.69) is 21.3 Å². The topological polar surface area (TPSA) is 106 Å². The summed E-state index contributed by atoms with van der Waals surface area (Å²) < 4.78 is 27.1. The summed E-state index contributed by atoms with van der Waals surface area (Å²) in [5.41, 5.74) is 2.22. The van der Waals surface area contributed by atoms with Gasteiger partial charge in [-0.05, 0) is 42.9 Å². The lowest BCUT2D eigenvalue weighted by Crippen LogP contribution is -2.47. The average Bonchev–Trinajstić information content (AvgIpc) is 3.03. The van der Waals surface area contributed by atoms with Gasteiger partial charge >= 0.3 is 0 Å². The third-order valence-electron chi connectivity index (χ3n) is 5.17. The first-order valence-electron chi connectivity index (χ1n) is 8.90. The Balaban J connectivity index is 1.63. The zero-order valence-electron chi connectivity index (χ0n) is 15.3. The van der Waals surface area contributed by atoms with Crippen LogP contribution in [-0.2, 0) is 14.8 Å². The molecule has 1 saturated heterocycles. The summed E-state index contributed by atoms with van der Waals surface area (Å²) in [6, 6.07) is 10.1. The fourth-order valence-electron chi connectivity index (χ4n) is 3.52. The Morgan fingerprint density at radius 2 is 1.93 bits per heavy atom. The van der Waals surface area contributed by atoms with E-state index in [0.717, 1.165) is 0 Å². The highest BCUT2D eigenvalue weighted by molar-refractivity contribution is 7.89. The van der Waals surface area contributed by atoms with Crippen LogP contribution in [0.3, 0.4) is 0 Å². The minimum Gasteiger partial charge on any atom is -0.325 e. The second kappa shape index (κ2) is 6.98. The molecule has 1 atom stereocenters. The Bertz CT molecular complexity index is 1070. The largest absolute Gasteiger partial charge is 0.325 e. The molecule has 28 heavy (non-hydrogen) atoms. The number of rotatable bonds is 3. The lowest BCUT2D eigenvalue weighted by Gasteiger charge is -2.31. The number of likely N-dealkylation sites (N-methyl/N-ethyl adjacent to an activating group) is 1. The molecule has 2 aliphatic rings. The van der Waals surface area contributed by atoms with Crippen molar-refractivity contribution < 1.29 is 13.2 Å². The molecule has 1 aromatic carbocycles. The molecular weight excluding hydrogens is 378 g/mol. The number of amides is 1. The van der Waals surface area contributed by atoms with E-state index in [0.29, 0.717) is 48.7 Å². The van der Waals surface area contributed by atoms with Crippen molar-refractivity contribution in [3.8, 4) is 6.07 Å². The molecule has 0 saturated carbocycles. The predicted octanol–water partition coefficient (Wildman–Crippen LogP) is 0.973. The Labute approximate surface area is 163 Å². The minimum atomic E-state index is -3.61. The van der Waals surface area contributed by atoms with Crippen molar-refractivity contribution in [1.82, 2.24) is 14.2 Å². The van der Waals surface area contributed by atoms with Crippen LogP contribution in [-0.4, -0.2) is 61.7 Å². The van der Waals surface area contributed by atoms with Gasteiger partial charge in [0.25, 0.3) is 0 Å². The van der Waals surface area contributed by atoms with Crippen molar-refractivity contribution in [3.05, 3.63) is 53.3 Å². The first-order valence-corrected chi connectivity index (χ1v) is 10.3. The number of nitriles is 1. The Morgan fingerprint density at radius 3 is 2.57 bits per heavy atom. The number of hydrogen-bond acceptors (Lipinski definition) is 6. The number of fused-ring (bicyclic) bond motifs is 1. The summed E-state index contributed by atoms with van der Waals surface area (Å²) in [6.07, 6.45) is 1.31. The molecule has 1 aromatic heterocycles. The monoisotopic (exact) mass is 397 g/mol. The lowest BCUT2D eigenvalue weighted by atomic mass is 9.95. The van der Waals surface area contributed by atoms with Crippen LogP contribution in [0.1, 0.15) is 22.7 Å². The number of sulfonamides is 1. The molecule has 0 spiro atoms. The average molecular weight is 397 g/mol. The SMILES string of the molecule is CN1CCN(S(=O)(=O)c2ccc(C3C(=O)Nc4ccc(C#N)cc43)nc2)CC1. The molecule has 2 aromatic rings. The van der Waals surface area contributed by atoms with Gasteiger partial charge in [0.15, 0.2) is 0 Å². The molecule has 2 aliphatic heterocycles. The van der Waals surface area contributed by atoms with Crippen LogP contribution in [0.25, 0.3) is 0 Å². The molecular formula is C19H19N5O3S. The minimum absolute atomic E-state index is 0.116. The number of pyridine rings is 1. The molecule has 3 heterocycles. The molecule has 0 radical (unpaired) electrons. The quantitative estimate of drug-likeness (QED) is 0.827. The molecule has 9 heteroatoms. The van der Waals surface area contributed by atoms with Crippen molar-refractivity contribution in [2.45, 2.75) is 10.8 Å². The van der Waals surface area contributed by atoms with E-state index in [1.807, 2.05) is 7.05 Å². The van der Waals surface area contributed by atoms with Gasteiger partial charge in [0.1, 0.15) is 10.8 Å². The van der Waals surface area contributed by atoms with Crippen LogP contribution < -0.4 is 5.32 Å². The van der Waals surface area contributed by atoms with Gasteiger partial charge in [0.2, 0.25) is 15.9 Å². The van der Waals surface area contributed by atoms with E-state index in [4.69, 9.17) is 5.26 Å². The number of aromatic nitrogens is 1. The molecule has 1 N–H and O–H groups in total. The molecule has 1 amide bonds. The van der Waals surface area contributed by atoms with Gasteiger partial charge in [0, 0.05) is 38.1 Å². The summed E-state index contributed by atoms with van der Waals surface area (Å²) in [6.45, 7) is 2.25. The molecule has 0 bridgehead atoms. The van der Waals surface area contributed by atoms with Crippen LogP contribution in [0.5, 0.6) is 0 Å². The van der Waals surface area contributed by atoms with Crippen molar-refractivity contribution in [2.75, 3.05) is 38.5 Å². The summed E-state index contributed by atoms with van der Waals surface area (Å²) in [5, 5.41) is 11.9. The molecule has 1 unspecified atom stereocenters. The molecule has 1 fully saturated rings. The normalized spacial score (nSPS) is 20.4. The fraction of sp³-hybridized carbons (Fsp3) is 0.316. The van der Waals surface area contributed by atoms with Crippen LogP contribution in [0.2, 0.25) is 0 Å². The van der Waals surface area contributed by atoms with Crippen LogP contribution in [0, 0.1) is 11.3 Å². The van der Waals surface area contributed by atoms with Crippen molar-refractivity contribution in [1.29, 1.82) is 5.26 Å². The first-order chi connectivity index (χ1) is 13.4. The van der Waals surface area contributed by atoms with E-state index in [1.165, 1.54) is 16.6 Å². The Hall–Kier alpha value is -2.80. The van der Waals surface area contributed by atoms with Crippen LogP contribution in [0.4, 0.5) is 5.69 Å². The Kier molecular flexibility index (Phi) is 4.63. The molecule has 0 aliphatic carbocycles. The van der Waals surface area contributed by atoms with E-state index in [1.54, 1.807) is 24.3 Å². The van der Waals surface area contributed by atoms with Gasteiger partial charge < -0.3 is 10.2 Å². The summed E-state index contributed by atoms with van der Waals surface area (Å²) in [7, 11) is -1.65. The third-order valence-corrected chi connectivity index (χ3v) is 7.05. The second-order valence-electron chi connectivity index (χ2n) is 6.96. The van der Waals surface area contributed by atoms with Gasteiger partial charge in [-0.1, -0.05) is 0 Å². The van der Waals surface area contributed by atoms with E-state index in [9.17, 15) is 13.2 Å². The number of nitrogens with one attached hydrogen (secondary N) is 1. The number of carbonyl (C=O) groups excluding carboxylic acids is 1. The van der Waals surface area contributed by atoms with Crippen molar-refractivity contribution in [2.24, 2.45) is 0 Å². The van der Waals surface area contributed by atoms with Gasteiger partial charge in [-0.2, -0.15) is 9.57 Å². The number of piperazine rings is 1. The predicted molar refractivity (Wildman–Crippen MR) is 102 cm³/mol. The number of hydrogen-bond donors (Lipinski definition) is 1. The molecule has 4 rings (SSSR count). The number of nitrogens with zero attached hydrogens (tertiary/aromatic N) is 4. The first kappa shape index (κ1) is 18.6. The zero-order valence-corrected chi connectivity index (χ0v) is 16.1. The van der Waals surface area contributed by atoms with E-state index >= 15 is 0 Å². The van der Waals surface area contributed by atoms with E-state index < -0.39 is 15.9 Å². The Morgan fingerprint density at radius 1 is 1.18 bits per heavy atom. The highest BCUT2D eigenvalue weighted by Crippen LogP contribution is 2.37. The standard InChI is InChI=1S/C19H19N5O3S/c1-23-6-8-24(9-7-23)28(26,27)14-3-5-17(21-12-14)18-15-10-13(11-20)2-4-16(15)22-19(18)25/h2-5,10,12,18H,6-9H2,1H3,(H,22,25). The summed E-state index contributed by atoms with van der Waals surface area (Å²) >= 11 is 0. The highest BCUT2D eigenvalue weighted by atomic mass is 32.2. The zero-order chi connectivity index (χ0) is 19.9. The number of benzene rings is 1. The highest BCUT2D eigenvalue weighted by Gasteiger charge is 2.34. The maximum absolute atomic E-state index is 12.8. The van der Waals surface area contributed by atoms with Gasteiger partial charge in [-0.25, -0.2) is 8.42 Å². The maximum Gasteiger partial charge on any atom is 0.244 e. The number of carbonyl (C=O) groups is 1. The van der Waals surface area contributed by atoms with Gasteiger partial charge in [-0.15, -0.1) is 0 Å². The van der Waals surface area contributed by atoms with Crippen molar-refractivity contribution >= 4 is 21.6 Å². The number of anilines is 1. The van der Waals surface area contributed by atoms with E-state index in [-0.39, 0.29) is 10.8 Å². The fourth-order valence-corrected chi connectivity index (χ4v) is 4.89. The second-order valence-corrected chi connectivity index (χ2v) is 8.90. The smallest absolute Gasteiger partial charge is 0.244 e. The summed E-state index contributed by atoms with van der Waals surface area (Å²) in [5.74, 6) is -0.907. The molecule has 8 nitrogen and oxygen atoms in total. The van der Waals surface area contributed by atoms with Gasteiger partial charge in [0.05, 0.1) is 17.3 Å². The maximum atomic E-state index is 12.8. The molecule has 144 valence electrons. The van der Waals surface area contributed by atoms with Crippen LogP contribution >= 0.6 is 0 Å². The van der Waals surface area contributed by atoms with Crippen molar-refractivity contribution in [3.63, 3.8) is 0 Å². The van der Waals surface area contributed by atoms with Gasteiger partial charge in [-0.3, -0.25) is 9.78 Å². The summed E-state index contributed by atoms with van der Waals surface area (Å²) in [4.78, 5) is 18.9. The lowest BCUT2D eigenvalue weighted by molar-refractivity contribution is -0.116.